The van der Waals surface area contributed by atoms with Crippen LogP contribution in [0.15, 0.2) is 42.9 Å². The van der Waals surface area contributed by atoms with Crippen LogP contribution in [-0.2, 0) is 15.0 Å². The summed E-state index contributed by atoms with van der Waals surface area (Å²) in [6, 6.07) is 8.54. The fourth-order valence-electron chi connectivity index (χ4n) is 4.33. The minimum atomic E-state index is -4.15. The first-order valence-corrected chi connectivity index (χ1v) is 13.0. The quantitative estimate of drug-likeness (QED) is 0.301. The fraction of sp³-hybridized carbons (Fsp3) is 0.333. The van der Waals surface area contributed by atoms with Gasteiger partial charge in [-0.1, -0.05) is 0 Å². The number of nitrogens with zero attached hydrogens (tertiary/aromatic N) is 3. The summed E-state index contributed by atoms with van der Waals surface area (Å²) in [5.74, 6) is 1.29. The van der Waals surface area contributed by atoms with E-state index in [0.29, 0.717) is 29.3 Å². The third kappa shape index (κ3) is 6.22. The van der Waals surface area contributed by atoms with Crippen LogP contribution < -0.4 is 18.8 Å². The second-order valence-corrected chi connectivity index (χ2v) is 9.54. The molecule has 0 saturated carbocycles. The van der Waals surface area contributed by atoms with Crippen LogP contribution in [0, 0.1) is 0 Å². The number of methoxy groups -OCH3 is 1. The molecule has 5 rings (SSSR count). The zero-order valence-corrected chi connectivity index (χ0v) is 21.8. The Kier molecular flexibility index (Phi) is 8.35. The van der Waals surface area contributed by atoms with Crippen LogP contribution in [0.25, 0.3) is 33.1 Å². The number of halogens is 1. The van der Waals surface area contributed by atoms with Crippen LogP contribution in [0.4, 0.5) is 0 Å². The van der Waals surface area contributed by atoms with Crippen LogP contribution in [0.3, 0.4) is 0 Å². The van der Waals surface area contributed by atoms with Crippen molar-refractivity contribution in [1.29, 1.82) is 0 Å². The molecule has 2 aromatic heterocycles. The van der Waals surface area contributed by atoms with Crippen LogP contribution in [0.5, 0.6) is 17.2 Å². The van der Waals surface area contributed by atoms with Gasteiger partial charge in [0.2, 0.25) is 0 Å². The highest BCUT2D eigenvalue weighted by atomic mass is 35.5. The third-order valence-electron chi connectivity index (χ3n) is 6.02. The molecular formula is C24H28ClN5O6S. The molecule has 4 aromatic rings. The zero-order valence-electron chi connectivity index (χ0n) is 20.2. The average Bonchev–Trinajstić information content (AvgIpc) is 3.28. The van der Waals surface area contributed by atoms with Crippen molar-refractivity contribution in [1.82, 2.24) is 19.9 Å². The highest BCUT2D eigenvalue weighted by Gasteiger charge is 2.17. The number of aromatic nitrogens is 3. The number of ether oxygens (including phenoxy) is 3. The summed E-state index contributed by atoms with van der Waals surface area (Å²) in [5, 5.41) is 6.51. The van der Waals surface area contributed by atoms with Crippen molar-refractivity contribution in [2.75, 3.05) is 46.6 Å². The normalized spacial score (nSPS) is 14.4. The zero-order chi connectivity index (χ0) is 25.1. The number of nitrogens with two attached hydrogens (primary N) is 1. The van der Waals surface area contributed by atoms with Crippen molar-refractivity contribution in [3.63, 3.8) is 0 Å². The molecule has 1 aliphatic heterocycles. The van der Waals surface area contributed by atoms with Gasteiger partial charge < -0.3 is 23.4 Å². The van der Waals surface area contributed by atoms with E-state index in [-0.39, 0.29) is 18.2 Å². The van der Waals surface area contributed by atoms with E-state index < -0.39 is 10.3 Å². The Bertz CT molecular complexity index is 1490. The van der Waals surface area contributed by atoms with E-state index in [1.165, 1.54) is 12.4 Å². The number of fused-ring (bicyclic) bond motifs is 2. The lowest BCUT2D eigenvalue weighted by atomic mass is 10.0. The number of hydrogen-bond acceptors (Lipinski definition) is 9. The molecule has 2 aromatic carbocycles. The van der Waals surface area contributed by atoms with Gasteiger partial charge in [-0.2, -0.15) is 13.6 Å². The van der Waals surface area contributed by atoms with Gasteiger partial charge in [0.15, 0.2) is 11.5 Å². The highest BCUT2D eigenvalue weighted by molar-refractivity contribution is 7.84. The average molecular weight is 550 g/mol. The summed E-state index contributed by atoms with van der Waals surface area (Å²) < 4.78 is 44.7. The second-order valence-electron chi connectivity index (χ2n) is 8.38. The van der Waals surface area contributed by atoms with Crippen molar-refractivity contribution in [3.8, 4) is 28.5 Å². The molecule has 13 heteroatoms. The first kappa shape index (κ1) is 26.9. The Morgan fingerprint density at radius 1 is 1.11 bits per heavy atom. The molecule has 0 atom stereocenters. The molecule has 1 fully saturated rings. The van der Waals surface area contributed by atoms with Gasteiger partial charge in [0.1, 0.15) is 12.1 Å². The van der Waals surface area contributed by atoms with E-state index in [9.17, 15) is 8.42 Å². The SMILES string of the molecule is COc1cc2c(-c3c[nH]c4ccc(OS(N)(=O)=O)cc34)ncnc2cc1OCCCN1CCOCC1.Cl. The number of aromatic amines is 1. The number of nitrogens with one attached hydrogen (secondary N) is 1. The molecule has 3 heterocycles. The van der Waals surface area contributed by atoms with Gasteiger partial charge in [-0.05, 0) is 30.7 Å². The summed E-state index contributed by atoms with van der Waals surface area (Å²) in [7, 11) is -2.55. The van der Waals surface area contributed by atoms with E-state index in [1.54, 1.807) is 25.4 Å². The van der Waals surface area contributed by atoms with Gasteiger partial charge in [-0.3, -0.25) is 4.90 Å². The van der Waals surface area contributed by atoms with Gasteiger partial charge in [0.05, 0.1) is 38.1 Å². The minimum Gasteiger partial charge on any atom is -0.493 e. The predicted molar refractivity (Wildman–Crippen MR) is 142 cm³/mol. The van der Waals surface area contributed by atoms with Crippen molar-refractivity contribution >= 4 is 44.5 Å². The summed E-state index contributed by atoms with van der Waals surface area (Å²) in [6.07, 6.45) is 4.17. The predicted octanol–water partition coefficient (Wildman–Crippen LogP) is 2.89. The van der Waals surface area contributed by atoms with E-state index in [2.05, 4.69) is 19.9 Å². The van der Waals surface area contributed by atoms with E-state index >= 15 is 0 Å². The van der Waals surface area contributed by atoms with Gasteiger partial charge in [-0.15, -0.1) is 12.4 Å². The molecule has 0 bridgehead atoms. The largest absolute Gasteiger partial charge is 0.493 e. The molecule has 0 spiro atoms. The lowest BCUT2D eigenvalue weighted by Crippen LogP contribution is -2.37. The molecule has 3 N–H and O–H groups in total. The maximum atomic E-state index is 11.4. The molecule has 0 unspecified atom stereocenters. The molecule has 0 radical (unpaired) electrons. The summed E-state index contributed by atoms with van der Waals surface area (Å²) in [4.78, 5) is 14.5. The Morgan fingerprint density at radius 2 is 1.92 bits per heavy atom. The van der Waals surface area contributed by atoms with Gasteiger partial charge in [0, 0.05) is 53.8 Å². The highest BCUT2D eigenvalue weighted by Crippen LogP contribution is 2.38. The van der Waals surface area contributed by atoms with E-state index in [4.69, 9.17) is 23.5 Å². The van der Waals surface area contributed by atoms with Crippen molar-refractivity contribution < 1.29 is 26.8 Å². The number of morpholine rings is 1. The first-order valence-electron chi connectivity index (χ1n) is 11.5. The molecule has 0 amide bonds. The molecule has 1 saturated heterocycles. The van der Waals surface area contributed by atoms with E-state index in [0.717, 1.165) is 61.1 Å². The molecule has 11 nitrogen and oxygen atoms in total. The minimum absolute atomic E-state index is 0. The lowest BCUT2D eigenvalue weighted by molar-refractivity contribution is 0.0357. The van der Waals surface area contributed by atoms with Gasteiger partial charge in [0.25, 0.3) is 0 Å². The summed E-state index contributed by atoms with van der Waals surface area (Å²) >= 11 is 0. The Labute approximate surface area is 220 Å². The molecule has 0 aliphatic carbocycles. The van der Waals surface area contributed by atoms with Gasteiger partial charge >= 0.3 is 10.3 Å². The van der Waals surface area contributed by atoms with E-state index in [1.807, 2.05) is 12.1 Å². The monoisotopic (exact) mass is 549 g/mol. The van der Waals surface area contributed by atoms with Gasteiger partial charge in [-0.25, -0.2) is 9.97 Å². The van der Waals surface area contributed by atoms with Crippen molar-refractivity contribution in [2.24, 2.45) is 5.14 Å². The van der Waals surface area contributed by atoms with Crippen molar-refractivity contribution in [3.05, 3.63) is 42.9 Å². The third-order valence-corrected chi connectivity index (χ3v) is 6.45. The van der Waals surface area contributed by atoms with Crippen LogP contribution >= 0.6 is 12.4 Å². The molecule has 37 heavy (non-hydrogen) atoms. The Morgan fingerprint density at radius 3 is 2.68 bits per heavy atom. The number of H-pyrrole nitrogens is 1. The molecule has 198 valence electrons. The molecular weight excluding hydrogens is 522 g/mol. The fourth-order valence-corrected chi connectivity index (χ4v) is 4.70. The van der Waals surface area contributed by atoms with Crippen molar-refractivity contribution in [2.45, 2.75) is 6.42 Å². The Balaban J connectivity index is 0.00000320. The Hall–Kier alpha value is -3.16. The number of hydrogen-bond donors (Lipinski definition) is 2. The topological polar surface area (TPSA) is 142 Å². The summed E-state index contributed by atoms with van der Waals surface area (Å²) in [5.41, 5.74) is 2.87. The summed E-state index contributed by atoms with van der Waals surface area (Å²) in [6.45, 7) is 4.94. The number of benzene rings is 2. The number of rotatable bonds is 9. The maximum Gasteiger partial charge on any atom is 0.380 e. The molecule has 1 aliphatic rings. The van der Waals surface area contributed by atoms with Crippen LogP contribution in [0.2, 0.25) is 0 Å². The standard InChI is InChI=1S/C24H27N5O6S.ClH/c1-32-22-12-18-21(13-23(22)34-8-2-5-29-6-9-33-10-7-29)27-15-28-24(18)19-14-26-20-4-3-16(11-17(19)20)35-36(25,30)31;/h3-4,11-15,26H,2,5-10H2,1H3,(H2,25,30,31);1H. The van der Waals surface area contributed by atoms with Crippen LogP contribution in [0.1, 0.15) is 6.42 Å². The first-order chi connectivity index (χ1) is 17.4. The second kappa shape index (κ2) is 11.5. The smallest absolute Gasteiger partial charge is 0.380 e. The van der Waals surface area contributed by atoms with Crippen LogP contribution in [-0.4, -0.2) is 74.8 Å². The maximum absolute atomic E-state index is 11.4. The lowest BCUT2D eigenvalue weighted by Gasteiger charge is -2.26.